The second-order valence-corrected chi connectivity index (χ2v) is 3.64. The highest BCUT2D eigenvalue weighted by Gasteiger charge is 2.10. The fourth-order valence-corrected chi connectivity index (χ4v) is 1.43. The molecule has 0 atom stereocenters. The van der Waals surface area contributed by atoms with E-state index in [1.165, 1.54) is 25.6 Å². The van der Waals surface area contributed by atoms with Gasteiger partial charge in [0.2, 0.25) is 5.43 Å². The van der Waals surface area contributed by atoms with Gasteiger partial charge in [0.1, 0.15) is 5.69 Å². The van der Waals surface area contributed by atoms with E-state index in [1.807, 2.05) is 0 Å². The zero-order valence-electron chi connectivity index (χ0n) is 9.93. The van der Waals surface area contributed by atoms with Gasteiger partial charge >= 0.3 is 0 Å². The van der Waals surface area contributed by atoms with Crippen molar-refractivity contribution in [1.82, 2.24) is 14.8 Å². The SMILES string of the molecule is COc1c[nH]c(C(=O)Nc2cnn(C)c2)cc1=O. The molecule has 18 heavy (non-hydrogen) atoms. The van der Waals surface area contributed by atoms with E-state index in [0.29, 0.717) is 5.69 Å². The van der Waals surface area contributed by atoms with Gasteiger partial charge in [-0.15, -0.1) is 0 Å². The van der Waals surface area contributed by atoms with Crippen molar-refractivity contribution < 1.29 is 9.53 Å². The van der Waals surface area contributed by atoms with Crippen LogP contribution in [0.2, 0.25) is 0 Å². The Balaban J connectivity index is 2.19. The molecule has 1 amide bonds. The molecular formula is C11H12N4O3. The largest absolute Gasteiger partial charge is 0.491 e. The topological polar surface area (TPSA) is 89.0 Å². The first-order chi connectivity index (χ1) is 8.60. The van der Waals surface area contributed by atoms with Crippen LogP contribution in [0.4, 0.5) is 5.69 Å². The summed E-state index contributed by atoms with van der Waals surface area (Å²) in [5.74, 6) is -0.254. The van der Waals surface area contributed by atoms with Crippen molar-refractivity contribution in [2.45, 2.75) is 0 Å². The van der Waals surface area contributed by atoms with Gasteiger partial charge in [-0.25, -0.2) is 0 Å². The van der Waals surface area contributed by atoms with E-state index in [1.54, 1.807) is 17.9 Å². The lowest BCUT2D eigenvalue weighted by Crippen LogP contribution is -2.17. The van der Waals surface area contributed by atoms with Gasteiger partial charge in [-0.3, -0.25) is 14.3 Å². The minimum atomic E-state index is -0.414. The fraction of sp³-hybridized carbons (Fsp3) is 0.182. The van der Waals surface area contributed by atoms with E-state index in [2.05, 4.69) is 15.4 Å². The van der Waals surface area contributed by atoms with Crippen LogP contribution in [0.25, 0.3) is 0 Å². The Hall–Kier alpha value is -2.57. The first-order valence-corrected chi connectivity index (χ1v) is 5.17. The molecule has 2 aromatic rings. The Morgan fingerprint density at radius 2 is 2.33 bits per heavy atom. The molecule has 0 aromatic carbocycles. The summed E-state index contributed by atoms with van der Waals surface area (Å²) in [6.45, 7) is 0. The second-order valence-electron chi connectivity index (χ2n) is 3.64. The van der Waals surface area contributed by atoms with E-state index in [0.717, 1.165) is 0 Å². The molecule has 0 saturated heterocycles. The first-order valence-electron chi connectivity index (χ1n) is 5.17. The number of aromatic amines is 1. The van der Waals surface area contributed by atoms with Crippen LogP contribution in [-0.2, 0) is 7.05 Å². The number of methoxy groups -OCH3 is 1. The second kappa shape index (κ2) is 4.74. The molecule has 0 radical (unpaired) electrons. The molecule has 0 saturated carbocycles. The molecule has 2 aromatic heterocycles. The molecule has 0 fully saturated rings. The lowest BCUT2D eigenvalue weighted by atomic mass is 10.3. The molecule has 0 aliphatic rings. The van der Waals surface area contributed by atoms with Crippen molar-refractivity contribution in [3.63, 3.8) is 0 Å². The van der Waals surface area contributed by atoms with Gasteiger partial charge in [0.05, 0.1) is 19.0 Å². The Morgan fingerprint density at radius 3 is 2.89 bits per heavy atom. The van der Waals surface area contributed by atoms with E-state index in [4.69, 9.17) is 4.74 Å². The zero-order chi connectivity index (χ0) is 13.1. The van der Waals surface area contributed by atoms with Crippen LogP contribution in [0.15, 0.2) is 29.5 Å². The van der Waals surface area contributed by atoms with E-state index in [9.17, 15) is 9.59 Å². The molecule has 0 spiro atoms. The number of rotatable bonds is 3. The quantitative estimate of drug-likeness (QED) is 0.821. The highest BCUT2D eigenvalue weighted by atomic mass is 16.5. The number of nitrogens with zero attached hydrogens (tertiary/aromatic N) is 2. The fourth-order valence-electron chi connectivity index (χ4n) is 1.43. The predicted octanol–water partition coefficient (Wildman–Crippen LogP) is 0.369. The third-order valence-corrected chi connectivity index (χ3v) is 2.30. The van der Waals surface area contributed by atoms with Crippen LogP contribution in [0.5, 0.6) is 5.75 Å². The average molecular weight is 248 g/mol. The van der Waals surface area contributed by atoms with Crippen LogP contribution in [0.3, 0.4) is 0 Å². The number of nitrogens with one attached hydrogen (secondary N) is 2. The molecule has 0 bridgehead atoms. The monoisotopic (exact) mass is 248 g/mol. The number of carbonyl (C=O) groups excluding carboxylic acids is 1. The summed E-state index contributed by atoms with van der Waals surface area (Å²) in [5.41, 5.74) is 0.358. The Kier molecular flexibility index (Phi) is 3.13. The summed E-state index contributed by atoms with van der Waals surface area (Å²) in [7, 11) is 3.13. The van der Waals surface area contributed by atoms with Gasteiger partial charge in [0, 0.05) is 25.5 Å². The molecule has 7 nitrogen and oxygen atoms in total. The molecule has 7 heteroatoms. The molecule has 2 heterocycles. The smallest absolute Gasteiger partial charge is 0.272 e. The van der Waals surface area contributed by atoms with E-state index < -0.39 is 5.91 Å². The molecule has 94 valence electrons. The van der Waals surface area contributed by atoms with Gasteiger partial charge in [-0.1, -0.05) is 0 Å². The molecule has 2 rings (SSSR count). The van der Waals surface area contributed by atoms with Gasteiger partial charge in [-0.2, -0.15) is 5.10 Å². The van der Waals surface area contributed by atoms with E-state index in [-0.39, 0.29) is 16.9 Å². The highest BCUT2D eigenvalue weighted by molar-refractivity contribution is 6.02. The molecule has 2 N–H and O–H groups in total. The number of anilines is 1. The summed E-state index contributed by atoms with van der Waals surface area (Å²) in [6.07, 6.45) is 4.51. The van der Waals surface area contributed by atoms with Gasteiger partial charge in [0.15, 0.2) is 5.75 Å². The average Bonchev–Trinajstić information content (AvgIpc) is 2.74. The van der Waals surface area contributed by atoms with Crippen molar-refractivity contribution in [2.75, 3.05) is 12.4 Å². The third kappa shape index (κ3) is 2.40. The number of ether oxygens (including phenoxy) is 1. The zero-order valence-corrected chi connectivity index (χ0v) is 9.93. The third-order valence-electron chi connectivity index (χ3n) is 2.30. The minimum absolute atomic E-state index is 0.157. The number of aryl methyl sites for hydroxylation is 1. The maximum atomic E-state index is 11.8. The van der Waals surface area contributed by atoms with Crippen LogP contribution in [0, 0.1) is 0 Å². The lowest BCUT2D eigenvalue weighted by Gasteiger charge is -2.03. The maximum absolute atomic E-state index is 11.8. The van der Waals surface area contributed by atoms with Crippen LogP contribution >= 0.6 is 0 Å². The predicted molar refractivity (Wildman–Crippen MR) is 64.8 cm³/mol. The van der Waals surface area contributed by atoms with Gasteiger partial charge < -0.3 is 15.0 Å². The standard InChI is InChI=1S/C11H12N4O3/c1-15-6-7(4-13-15)14-11(17)8-3-9(16)10(18-2)5-12-8/h3-6H,1-2H3,(H,12,16)(H,14,17). The van der Waals surface area contributed by atoms with Crippen molar-refractivity contribution in [2.24, 2.45) is 7.05 Å². The van der Waals surface area contributed by atoms with Crippen molar-refractivity contribution >= 4 is 11.6 Å². The molecule has 0 aliphatic heterocycles. The maximum Gasteiger partial charge on any atom is 0.272 e. The molecule has 0 unspecified atom stereocenters. The molecule has 0 aliphatic carbocycles. The number of pyridine rings is 1. The van der Waals surface area contributed by atoms with Crippen LogP contribution < -0.4 is 15.5 Å². The summed E-state index contributed by atoms with van der Waals surface area (Å²) < 4.78 is 6.37. The van der Waals surface area contributed by atoms with Gasteiger partial charge in [0.25, 0.3) is 5.91 Å². The number of hydrogen-bond acceptors (Lipinski definition) is 4. The number of aromatic nitrogens is 3. The normalized spacial score (nSPS) is 10.1. The minimum Gasteiger partial charge on any atom is -0.491 e. The number of hydrogen-bond donors (Lipinski definition) is 2. The Labute approximate surface area is 102 Å². The van der Waals surface area contributed by atoms with Crippen LogP contribution in [-0.4, -0.2) is 27.8 Å². The van der Waals surface area contributed by atoms with Crippen molar-refractivity contribution in [3.05, 3.63) is 40.6 Å². The number of amides is 1. The van der Waals surface area contributed by atoms with Gasteiger partial charge in [-0.05, 0) is 0 Å². The van der Waals surface area contributed by atoms with Crippen LogP contribution in [0.1, 0.15) is 10.5 Å². The summed E-state index contributed by atoms with van der Waals surface area (Å²) >= 11 is 0. The Bertz CT molecular complexity index is 629. The van der Waals surface area contributed by atoms with Crippen molar-refractivity contribution in [1.29, 1.82) is 0 Å². The van der Waals surface area contributed by atoms with E-state index >= 15 is 0 Å². The summed E-state index contributed by atoms with van der Waals surface area (Å²) in [5, 5.41) is 6.53. The van der Waals surface area contributed by atoms with Crippen molar-refractivity contribution in [3.8, 4) is 5.75 Å². The summed E-state index contributed by atoms with van der Waals surface area (Å²) in [6, 6.07) is 1.19. The number of H-pyrrole nitrogens is 1. The first kappa shape index (κ1) is 11.9. The molecular weight excluding hydrogens is 236 g/mol. The highest BCUT2D eigenvalue weighted by Crippen LogP contribution is 2.06. The lowest BCUT2D eigenvalue weighted by molar-refractivity contribution is 0.102. The summed E-state index contributed by atoms with van der Waals surface area (Å²) in [4.78, 5) is 26.0. The Morgan fingerprint density at radius 1 is 1.56 bits per heavy atom. The number of carbonyl (C=O) groups is 1.